The van der Waals surface area contributed by atoms with Gasteiger partial charge in [-0.15, -0.1) is 0 Å². The number of anilines is 1. The molecule has 1 aliphatic rings. The van der Waals surface area contributed by atoms with Crippen LogP contribution >= 0.6 is 0 Å². The van der Waals surface area contributed by atoms with E-state index in [1.54, 1.807) is 49.8 Å². The lowest BCUT2D eigenvalue weighted by molar-refractivity contribution is -0.132. The molecule has 1 fully saturated rings. The molecule has 0 radical (unpaired) electrons. The number of amides is 1. The predicted molar refractivity (Wildman–Crippen MR) is 131 cm³/mol. The fourth-order valence-corrected chi connectivity index (χ4v) is 4.54. The summed E-state index contributed by atoms with van der Waals surface area (Å²) in [7, 11) is 1.57. The third-order valence-corrected chi connectivity index (χ3v) is 6.16. The topological polar surface area (TPSA) is 79.7 Å². The van der Waals surface area contributed by atoms with Gasteiger partial charge in [0.15, 0.2) is 0 Å². The average molecular weight is 450 g/mol. The van der Waals surface area contributed by atoms with E-state index >= 15 is 0 Å². The van der Waals surface area contributed by atoms with Crippen molar-refractivity contribution in [1.82, 2.24) is 4.98 Å². The van der Waals surface area contributed by atoms with Crippen molar-refractivity contribution in [2.45, 2.75) is 13.0 Å². The number of benzene rings is 3. The number of aliphatic hydroxyl groups is 1. The number of hydrogen-bond donors (Lipinski definition) is 1. The van der Waals surface area contributed by atoms with Gasteiger partial charge in [-0.05, 0) is 59.8 Å². The maximum Gasteiger partial charge on any atom is 0.300 e. The molecule has 34 heavy (non-hydrogen) atoms. The number of pyridine rings is 1. The molecule has 6 heteroatoms. The van der Waals surface area contributed by atoms with Gasteiger partial charge in [-0.3, -0.25) is 19.5 Å². The number of aliphatic hydroxyl groups excluding tert-OH is 1. The number of methoxy groups -OCH3 is 1. The molecule has 1 amide bonds. The summed E-state index contributed by atoms with van der Waals surface area (Å²) in [4.78, 5) is 32.4. The van der Waals surface area contributed by atoms with Crippen molar-refractivity contribution >= 4 is 33.9 Å². The van der Waals surface area contributed by atoms with Crippen molar-refractivity contribution in [2.75, 3.05) is 12.0 Å². The van der Waals surface area contributed by atoms with Crippen molar-refractivity contribution in [3.63, 3.8) is 0 Å². The Hall–Kier alpha value is -4.45. The molecular weight excluding hydrogens is 428 g/mol. The van der Waals surface area contributed by atoms with E-state index in [4.69, 9.17) is 4.74 Å². The standard InChI is InChI=1S/C28H22N2O4/c1-17-16-20(10-11-23(17)34-2)26(31)24-25(19-12-14-29-15-13-19)30(28(33)27(24)32)22-9-5-7-18-6-3-4-8-21(18)22/h3-16,25,31H,1-2H3/b26-24+. The van der Waals surface area contributed by atoms with Crippen LogP contribution in [-0.4, -0.2) is 28.9 Å². The summed E-state index contributed by atoms with van der Waals surface area (Å²) in [5, 5.41) is 13.1. The van der Waals surface area contributed by atoms with Crippen molar-refractivity contribution in [1.29, 1.82) is 0 Å². The third-order valence-electron chi connectivity index (χ3n) is 6.16. The van der Waals surface area contributed by atoms with Gasteiger partial charge in [0.2, 0.25) is 0 Å². The van der Waals surface area contributed by atoms with E-state index in [9.17, 15) is 14.7 Å². The second-order valence-corrected chi connectivity index (χ2v) is 8.13. The van der Waals surface area contributed by atoms with Crippen LogP contribution in [0.15, 0.2) is 90.8 Å². The Bertz CT molecular complexity index is 1450. The minimum Gasteiger partial charge on any atom is -0.507 e. The van der Waals surface area contributed by atoms with Crippen molar-refractivity contribution in [3.05, 3.63) is 107 Å². The first-order chi connectivity index (χ1) is 16.5. The number of carbonyl (C=O) groups excluding carboxylic acids is 2. The van der Waals surface area contributed by atoms with Crippen LogP contribution in [0.25, 0.3) is 16.5 Å². The van der Waals surface area contributed by atoms with E-state index in [-0.39, 0.29) is 11.3 Å². The highest BCUT2D eigenvalue weighted by atomic mass is 16.5. The number of rotatable bonds is 4. The van der Waals surface area contributed by atoms with Gasteiger partial charge in [0, 0.05) is 23.3 Å². The van der Waals surface area contributed by atoms with Gasteiger partial charge in [0.05, 0.1) is 24.4 Å². The minimum atomic E-state index is -0.809. The maximum atomic E-state index is 13.4. The van der Waals surface area contributed by atoms with Gasteiger partial charge < -0.3 is 9.84 Å². The highest BCUT2D eigenvalue weighted by molar-refractivity contribution is 6.52. The Morgan fingerprint density at radius 2 is 1.71 bits per heavy atom. The number of nitrogens with zero attached hydrogens (tertiary/aromatic N) is 2. The van der Waals surface area contributed by atoms with E-state index in [0.717, 1.165) is 16.3 Å². The molecular formula is C28H22N2O4. The zero-order chi connectivity index (χ0) is 23.8. The summed E-state index contributed by atoms with van der Waals surface area (Å²) < 4.78 is 5.32. The number of ether oxygens (including phenoxy) is 1. The molecule has 1 saturated heterocycles. The molecule has 0 saturated carbocycles. The Labute approximate surface area is 196 Å². The Morgan fingerprint density at radius 3 is 2.44 bits per heavy atom. The van der Waals surface area contributed by atoms with Gasteiger partial charge in [-0.2, -0.15) is 0 Å². The number of aromatic nitrogens is 1. The summed E-state index contributed by atoms with van der Waals surface area (Å²) in [6.45, 7) is 1.85. The first kappa shape index (κ1) is 21.4. The molecule has 1 atom stereocenters. The van der Waals surface area contributed by atoms with Gasteiger partial charge in [-0.1, -0.05) is 36.4 Å². The van der Waals surface area contributed by atoms with Crippen LogP contribution in [0.3, 0.4) is 0 Å². The second-order valence-electron chi connectivity index (χ2n) is 8.13. The number of fused-ring (bicyclic) bond motifs is 1. The zero-order valence-electron chi connectivity index (χ0n) is 18.7. The summed E-state index contributed by atoms with van der Waals surface area (Å²) in [6, 6.07) is 21.2. The van der Waals surface area contributed by atoms with Crippen LogP contribution in [0, 0.1) is 6.92 Å². The summed E-state index contributed by atoms with van der Waals surface area (Å²) >= 11 is 0. The summed E-state index contributed by atoms with van der Waals surface area (Å²) in [6.07, 6.45) is 3.21. The van der Waals surface area contributed by atoms with Crippen LogP contribution in [0.1, 0.15) is 22.7 Å². The Balaban J connectivity index is 1.76. The smallest absolute Gasteiger partial charge is 0.300 e. The molecule has 5 rings (SSSR count). The third kappa shape index (κ3) is 3.40. The molecule has 168 valence electrons. The normalized spacial score (nSPS) is 17.4. The van der Waals surface area contributed by atoms with Crippen LogP contribution in [0.5, 0.6) is 5.75 Å². The number of ketones is 1. The summed E-state index contributed by atoms with van der Waals surface area (Å²) in [5.41, 5.74) is 2.55. The lowest BCUT2D eigenvalue weighted by atomic mass is 9.95. The van der Waals surface area contributed by atoms with Crippen molar-refractivity contribution in [2.24, 2.45) is 0 Å². The maximum absolute atomic E-state index is 13.4. The molecule has 1 N–H and O–H groups in total. The van der Waals surface area contributed by atoms with E-state index in [1.165, 1.54) is 4.90 Å². The van der Waals surface area contributed by atoms with Gasteiger partial charge in [0.1, 0.15) is 11.5 Å². The van der Waals surface area contributed by atoms with E-state index < -0.39 is 17.7 Å². The van der Waals surface area contributed by atoms with Gasteiger partial charge in [0.25, 0.3) is 11.7 Å². The van der Waals surface area contributed by atoms with Gasteiger partial charge >= 0.3 is 0 Å². The van der Waals surface area contributed by atoms with Crippen LogP contribution in [0.2, 0.25) is 0 Å². The highest BCUT2D eigenvalue weighted by Gasteiger charge is 2.47. The largest absolute Gasteiger partial charge is 0.507 e. The van der Waals surface area contributed by atoms with E-state index in [2.05, 4.69) is 4.98 Å². The molecule has 2 heterocycles. The molecule has 6 nitrogen and oxygen atoms in total. The SMILES string of the molecule is COc1ccc(/C(O)=C2\C(=O)C(=O)N(c3cccc4ccccc34)C2c2ccncc2)cc1C. The molecule has 0 spiro atoms. The van der Waals surface area contributed by atoms with E-state index in [1.807, 2.05) is 49.4 Å². The summed E-state index contributed by atoms with van der Waals surface area (Å²) in [5.74, 6) is -0.988. The fraction of sp³-hybridized carbons (Fsp3) is 0.107. The average Bonchev–Trinajstić information content (AvgIpc) is 3.14. The van der Waals surface area contributed by atoms with Gasteiger partial charge in [-0.25, -0.2) is 0 Å². The predicted octanol–water partition coefficient (Wildman–Crippen LogP) is 5.18. The molecule has 4 aromatic rings. The molecule has 3 aromatic carbocycles. The fourth-order valence-electron chi connectivity index (χ4n) is 4.54. The lowest BCUT2D eigenvalue weighted by Crippen LogP contribution is -2.29. The van der Waals surface area contributed by atoms with E-state index in [0.29, 0.717) is 22.6 Å². The number of hydrogen-bond acceptors (Lipinski definition) is 5. The van der Waals surface area contributed by atoms with Crippen LogP contribution < -0.4 is 9.64 Å². The first-order valence-electron chi connectivity index (χ1n) is 10.8. The van der Waals surface area contributed by atoms with Crippen LogP contribution in [-0.2, 0) is 9.59 Å². The van der Waals surface area contributed by atoms with Crippen molar-refractivity contribution < 1.29 is 19.4 Å². The minimum absolute atomic E-state index is 0.0358. The zero-order valence-corrected chi connectivity index (χ0v) is 18.7. The molecule has 0 bridgehead atoms. The number of Topliss-reactive ketones (excluding diaryl/α,β-unsaturated/α-hetero) is 1. The van der Waals surface area contributed by atoms with Crippen molar-refractivity contribution in [3.8, 4) is 5.75 Å². The lowest BCUT2D eigenvalue weighted by Gasteiger charge is -2.26. The monoisotopic (exact) mass is 450 g/mol. The molecule has 0 aliphatic carbocycles. The Kier molecular flexibility index (Phi) is 5.34. The number of carbonyl (C=O) groups is 2. The molecule has 1 aliphatic heterocycles. The van der Waals surface area contributed by atoms with Crippen LogP contribution in [0.4, 0.5) is 5.69 Å². The highest BCUT2D eigenvalue weighted by Crippen LogP contribution is 2.44. The second kappa shape index (κ2) is 8.48. The Morgan fingerprint density at radius 1 is 0.971 bits per heavy atom. The quantitative estimate of drug-likeness (QED) is 0.263. The molecule has 1 unspecified atom stereocenters. The molecule has 1 aromatic heterocycles. The first-order valence-corrected chi connectivity index (χ1v) is 10.8. The number of aryl methyl sites for hydroxylation is 1.